The second kappa shape index (κ2) is 6.99. The van der Waals surface area contributed by atoms with Crippen LogP contribution in [0.3, 0.4) is 0 Å². The van der Waals surface area contributed by atoms with Gasteiger partial charge in [0, 0.05) is 18.6 Å². The summed E-state index contributed by atoms with van der Waals surface area (Å²) in [6, 6.07) is 4.23. The van der Waals surface area contributed by atoms with E-state index in [1.807, 2.05) is 13.8 Å². The highest BCUT2D eigenvalue weighted by molar-refractivity contribution is 7.89. The molecule has 0 unspecified atom stereocenters. The summed E-state index contributed by atoms with van der Waals surface area (Å²) in [5.74, 6) is 1.89. The zero-order valence-corrected chi connectivity index (χ0v) is 18.3. The third kappa shape index (κ3) is 3.48. The Kier molecular flexibility index (Phi) is 5.04. The second-order valence-corrected chi connectivity index (χ2v) is 11.8. The molecule has 1 aromatic carbocycles. The number of sulfonamides is 1. The van der Waals surface area contributed by atoms with Gasteiger partial charge in [0.05, 0.1) is 15.5 Å². The van der Waals surface area contributed by atoms with Crippen LogP contribution in [0, 0.1) is 17.8 Å². The number of halogens is 1. The van der Waals surface area contributed by atoms with Gasteiger partial charge in [-0.25, -0.2) is 8.42 Å². The fraction of sp³-hybridized carbons (Fsp3) is 0.667. The molecular weight excluding hydrogens is 396 g/mol. The van der Waals surface area contributed by atoms with Crippen molar-refractivity contribution in [2.75, 3.05) is 7.05 Å². The first-order valence-corrected chi connectivity index (χ1v) is 12.0. The highest BCUT2D eigenvalue weighted by Crippen LogP contribution is 2.55. The number of rotatable bonds is 5. The van der Waals surface area contributed by atoms with Crippen LogP contribution in [0.1, 0.15) is 62.7 Å². The van der Waals surface area contributed by atoms with E-state index in [0.717, 1.165) is 19.3 Å². The number of carbonyl (C=O) groups is 1. The van der Waals surface area contributed by atoms with Gasteiger partial charge >= 0.3 is 0 Å². The van der Waals surface area contributed by atoms with Crippen molar-refractivity contribution in [2.45, 2.75) is 68.8 Å². The first-order valence-electron chi connectivity index (χ1n) is 10.2. The molecule has 154 valence electrons. The molecule has 4 bridgehead atoms. The molecule has 1 amide bonds. The van der Waals surface area contributed by atoms with Gasteiger partial charge in [-0.2, -0.15) is 4.31 Å². The summed E-state index contributed by atoms with van der Waals surface area (Å²) in [7, 11) is -2.12. The van der Waals surface area contributed by atoms with Gasteiger partial charge in [-0.05, 0) is 88.3 Å². The Labute approximate surface area is 172 Å². The Hall–Kier alpha value is -1.11. The zero-order valence-electron chi connectivity index (χ0n) is 16.7. The molecule has 1 aromatic rings. The number of nitrogens with one attached hydrogen (secondary N) is 1. The van der Waals surface area contributed by atoms with Crippen molar-refractivity contribution >= 4 is 27.5 Å². The van der Waals surface area contributed by atoms with E-state index in [1.165, 1.54) is 41.8 Å². The lowest BCUT2D eigenvalue weighted by molar-refractivity contribution is -0.0167. The van der Waals surface area contributed by atoms with Crippen molar-refractivity contribution in [3.63, 3.8) is 0 Å². The Bertz CT molecular complexity index is 862. The van der Waals surface area contributed by atoms with Gasteiger partial charge in [0.1, 0.15) is 0 Å². The lowest BCUT2D eigenvalue weighted by atomic mass is 9.53. The lowest BCUT2D eigenvalue weighted by Crippen LogP contribution is -2.59. The molecule has 0 aromatic heterocycles. The van der Waals surface area contributed by atoms with E-state index in [1.54, 1.807) is 7.05 Å². The van der Waals surface area contributed by atoms with Gasteiger partial charge in [-0.3, -0.25) is 4.79 Å². The third-order valence-electron chi connectivity index (χ3n) is 7.00. The summed E-state index contributed by atoms with van der Waals surface area (Å²) in [4.78, 5) is 13.2. The maximum atomic E-state index is 13.1. The van der Waals surface area contributed by atoms with Gasteiger partial charge in [-0.1, -0.05) is 11.6 Å². The van der Waals surface area contributed by atoms with Gasteiger partial charge in [0.15, 0.2) is 0 Å². The molecule has 1 N–H and O–H groups in total. The smallest absolute Gasteiger partial charge is 0.253 e. The van der Waals surface area contributed by atoms with E-state index in [9.17, 15) is 13.2 Å². The molecule has 0 heterocycles. The average molecular weight is 425 g/mol. The Morgan fingerprint density at radius 3 is 2.18 bits per heavy atom. The minimum Gasteiger partial charge on any atom is -0.347 e. The van der Waals surface area contributed by atoms with E-state index in [0.29, 0.717) is 17.8 Å². The Morgan fingerprint density at radius 1 is 1.14 bits per heavy atom. The number of benzene rings is 1. The van der Waals surface area contributed by atoms with E-state index < -0.39 is 10.0 Å². The number of amides is 1. The number of hydrogen-bond acceptors (Lipinski definition) is 3. The summed E-state index contributed by atoms with van der Waals surface area (Å²) < 4.78 is 26.9. The summed E-state index contributed by atoms with van der Waals surface area (Å²) >= 11 is 6.30. The molecule has 5 rings (SSSR count). The van der Waals surface area contributed by atoms with Gasteiger partial charge in [0.2, 0.25) is 10.0 Å². The molecule has 0 radical (unpaired) electrons. The standard InChI is InChI=1S/C21H29ClN2O3S/c1-13(2)24(3)28(26,27)17-4-5-19(22)18(9-17)20(25)23-21-10-14-6-15(11-21)8-16(7-14)12-21/h4-5,9,13-16H,6-8,10-12H2,1-3H3,(H,23,25). The van der Waals surface area contributed by atoms with Crippen molar-refractivity contribution in [1.29, 1.82) is 0 Å². The quantitative estimate of drug-likeness (QED) is 0.774. The van der Waals surface area contributed by atoms with Gasteiger partial charge < -0.3 is 5.32 Å². The van der Waals surface area contributed by atoms with Crippen molar-refractivity contribution in [3.8, 4) is 0 Å². The minimum absolute atomic E-state index is 0.101. The molecule has 7 heteroatoms. The lowest BCUT2D eigenvalue weighted by Gasteiger charge is -2.56. The number of hydrogen-bond donors (Lipinski definition) is 1. The highest BCUT2D eigenvalue weighted by Gasteiger charge is 2.51. The summed E-state index contributed by atoms with van der Waals surface area (Å²) in [5.41, 5.74) is 0.106. The van der Waals surface area contributed by atoms with Crippen LogP contribution in [0.15, 0.2) is 23.1 Å². The van der Waals surface area contributed by atoms with Crippen molar-refractivity contribution < 1.29 is 13.2 Å². The third-order valence-corrected chi connectivity index (χ3v) is 9.36. The molecule has 0 aliphatic heterocycles. The summed E-state index contributed by atoms with van der Waals surface area (Å²) in [5, 5.41) is 3.57. The predicted molar refractivity (Wildman–Crippen MR) is 110 cm³/mol. The normalized spacial score (nSPS) is 31.6. The fourth-order valence-electron chi connectivity index (χ4n) is 5.85. The molecule has 4 fully saturated rings. The fourth-order valence-corrected chi connectivity index (χ4v) is 7.45. The summed E-state index contributed by atoms with van der Waals surface area (Å²) in [6.07, 6.45) is 7.00. The van der Waals surface area contributed by atoms with Crippen LogP contribution >= 0.6 is 11.6 Å². The van der Waals surface area contributed by atoms with Crippen LogP contribution in [0.4, 0.5) is 0 Å². The minimum atomic E-state index is -3.67. The second-order valence-electron chi connectivity index (χ2n) is 9.41. The first-order chi connectivity index (χ1) is 13.1. The maximum absolute atomic E-state index is 13.1. The van der Waals surface area contributed by atoms with Gasteiger partial charge in [-0.15, -0.1) is 0 Å². The largest absolute Gasteiger partial charge is 0.347 e. The number of nitrogens with zero attached hydrogens (tertiary/aromatic N) is 1. The van der Waals surface area contributed by atoms with Crippen molar-refractivity contribution in [3.05, 3.63) is 28.8 Å². The molecule has 5 nitrogen and oxygen atoms in total. The Balaban J connectivity index is 1.60. The predicted octanol–water partition coefficient (Wildman–Crippen LogP) is 4.07. The SMILES string of the molecule is CC(C)N(C)S(=O)(=O)c1ccc(Cl)c(C(=O)NC23CC4CC(CC(C4)C2)C3)c1. The van der Waals surface area contributed by atoms with Crippen LogP contribution in [-0.4, -0.2) is 37.3 Å². The zero-order chi connectivity index (χ0) is 20.3. The molecule has 4 saturated carbocycles. The van der Waals surface area contributed by atoms with Crippen LogP contribution in [0.2, 0.25) is 5.02 Å². The van der Waals surface area contributed by atoms with Crippen LogP contribution < -0.4 is 5.32 Å². The van der Waals surface area contributed by atoms with Crippen LogP contribution in [-0.2, 0) is 10.0 Å². The monoisotopic (exact) mass is 424 g/mol. The number of carbonyl (C=O) groups excluding carboxylic acids is 1. The topological polar surface area (TPSA) is 66.5 Å². The van der Waals surface area contributed by atoms with Gasteiger partial charge in [0.25, 0.3) is 5.91 Å². The van der Waals surface area contributed by atoms with Crippen molar-refractivity contribution in [1.82, 2.24) is 9.62 Å². The molecule has 0 atom stereocenters. The van der Waals surface area contributed by atoms with E-state index in [-0.39, 0.29) is 33.0 Å². The van der Waals surface area contributed by atoms with E-state index in [4.69, 9.17) is 11.6 Å². The summed E-state index contributed by atoms with van der Waals surface area (Å²) in [6.45, 7) is 3.63. The molecule has 4 aliphatic rings. The molecule has 28 heavy (non-hydrogen) atoms. The molecule has 0 spiro atoms. The highest BCUT2D eigenvalue weighted by atomic mass is 35.5. The van der Waals surface area contributed by atoms with Crippen LogP contribution in [0.25, 0.3) is 0 Å². The Morgan fingerprint density at radius 2 is 1.68 bits per heavy atom. The maximum Gasteiger partial charge on any atom is 0.253 e. The first kappa shape index (κ1) is 20.2. The van der Waals surface area contributed by atoms with Crippen molar-refractivity contribution in [2.24, 2.45) is 17.8 Å². The average Bonchev–Trinajstić information content (AvgIpc) is 2.59. The van der Waals surface area contributed by atoms with Crippen LogP contribution in [0.5, 0.6) is 0 Å². The molecule has 0 saturated heterocycles. The van der Waals surface area contributed by atoms with E-state index >= 15 is 0 Å². The molecule has 4 aliphatic carbocycles. The van der Waals surface area contributed by atoms with E-state index in [2.05, 4.69) is 5.32 Å². The molecular formula is C21H29ClN2O3S.